The van der Waals surface area contributed by atoms with Gasteiger partial charge in [0.2, 0.25) is 0 Å². The number of carbonyl (C=O) groups is 1. The van der Waals surface area contributed by atoms with Crippen LogP contribution in [0.1, 0.15) is 27.0 Å². The van der Waals surface area contributed by atoms with Crippen LogP contribution >= 0.6 is 0 Å². The van der Waals surface area contributed by atoms with Crippen LogP contribution in [0, 0.1) is 6.92 Å². The van der Waals surface area contributed by atoms with E-state index in [2.05, 4.69) is 0 Å². The van der Waals surface area contributed by atoms with Crippen molar-refractivity contribution < 1.29 is 14.3 Å². The van der Waals surface area contributed by atoms with Gasteiger partial charge in [0.25, 0.3) is 0 Å². The molecule has 0 bridgehead atoms. The lowest BCUT2D eigenvalue weighted by Crippen LogP contribution is -1.99. The molecule has 3 heteroatoms. The van der Waals surface area contributed by atoms with Crippen molar-refractivity contribution in [2.24, 2.45) is 0 Å². The molecule has 31 heavy (non-hydrogen) atoms. The minimum atomic E-state index is -0.0287. The van der Waals surface area contributed by atoms with Crippen molar-refractivity contribution >= 4 is 22.6 Å². The Kier molecular flexibility index (Phi) is 6.13. The summed E-state index contributed by atoms with van der Waals surface area (Å²) in [4.78, 5) is 12.7. The Morgan fingerprint density at radius 1 is 0.871 bits per heavy atom. The molecule has 4 aromatic rings. The van der Waals surface area contributed by atoms with E-state index in [4.69, 9.17) is 9.47 Å². The fourth-order valence-corrected chi connectivity index (χ4v) is 3.42. The van der Waals surface area contributed by atoms with Crippen molar-refractivity contribution in [1.29, 1.82) is 0 Å². The van der Waals surface area contributed by atoms with E-state index in [0.717, 1.165) is 33.4 Å². The Balaban J connectivity index is 1.50. The van der Waals surface area contributed by atoms with Crippen LogP contribution in [-0.4, -0.2) is 12.9 Å². The van der Waals surface area contributed by atoms with E-state index >= 15 is 0 Å². The monoisotopic (exact) mass is 408 g/mol. The van der Waals surface area contributed by atoms with Gasteiger partial charge in [-0.2, -0.15) is 0 Å². The molecule has 0 fully saturated rings. The summed E-state index contributed by atoms with van der Waals surface area (Å²) in [6, 6.07) is 27.5. The second-order valence-corrected chi connectivity index (χ2v) is 7.43. The SMILES string of the molecule is COc1ccc(/C=C/C(=O)c2ccc3ccccc3c2)cc1COc1ccc(C)cc1. The highest BCUT2D eigenvalue weighted by Crippen LogP contribution is 2.23. The van der Waals surface area contributed by atoms with Gasteiger partial charge in [-0.15, -0.1) is 0 Å². The molecule has 0 aliphatic rings. The van der Waals surface area contributed by atoms with Crippen LogP contribution in [-0.2, 0) is 6.61 Å². The average Bonchev–Trinajstić information content (AvgIpc) is 2.82. The smallest absolute Gasteiger partial charge is 0.185 e. The van der Waals surface area contributed by atoms with Crippen molar-refractivity contribution in [3.8, 4) is 11.5 Å². The second-order valence-electron chi connectivity index (χ2n) is 7.43. The van der Waals surface area contributed by atoms with Gasteiger partial charge in [0.15, 0.2) is 5.78 Å². The van der Waals surface area contributed by atoms with Crippen LogP contribution in [0.25, 0.3) is 16.8 Å². The Morgan fingerprint density at radius 3 is 2.42 bits per heavy atom. The maximum absolute atomic E-state index is 12.7. The Bertz CT molecular complexity index is 1240. The van der Waals surface area contributed by atoms with E-state index in [-0.39, 0.29) is 5.78 Å². The van der Waals surface area contributed by atoms with Crippen LogP contribution in [0.2, 0.25) is 0 Å². The number of hydrogen-bond donors (Lipinski definition) is 0. The fourth-order valence-electron chi connectivity index (χ4n) is 3.42. The van der Waals surface area contributed by atoms with Crippen LogP contribution in [0.3, 0.4) is 0 Å². The molecule has 0 aliphatic carbocycles. The molecule has 3 nitrogen and oxygen atoms in total. The molecule has 4 rings (SSSR count). The number of aryl methyl sites for hydroxylation is 1. The number of benzene rings is 4. The summed E-state index contributed by atoms with van der Waals surface area (Å²) in [5.41, 5.74) is 3.69. The lowest BCUT2D eigenvalue weighted by atomic mass is 10.0. The van der Waals surface area contributed by atoms with E-state index in [1.165, 1.54) is 5.56 Å². The largest absolute Gasteiger partial charge is 0.496 e. The molecule has 0 aromatic heterocycles. The number of ether oxygens (including phenoxy) is 2. The predicted octanol–water partition coefficient (Wildman–Crippen LogP) is 6.63. The normalized spacial score (nSPS) is 11.0. The van der Waals surface area contributed by atoms with Crippen molar-refractivity contribution in [1.82, 2.24) is 0 Å². The summed E-state index contributed by atoms with van der Waals surface area (Å²) < 4.78 is 11.4. The van der Waals surface area contributed by atoms with Crippen molar-refractivity contribution in [3.63, 3.8) is 0 Å². The summed E-state index contributed by atoms with van der Waals surface area (Å²) in [5, 5.41) is 2.18. The van der Waals surface area contributed by atoms with Gasteiger partial charge in [-0.3, -0.25) is 4.79 Å². The molecule has 0 atom stereocenters. The maximum atomic E-state index is 12.7. The van der Waals surface area contributed by atoms with Gasteiger partial charge in [0.05, 0.1) is 7.11 Å². The first-order chi connectivity index (χ1) is 15.1. The average molecular weight is 408 g/mol. The van der Waals surface area contributed by atoms with Gasteiger partial charge < -0.3 is 9.47 Å². The van der Waals surface area contributed by atoms with E-state index in [9.17, 15) is 4.79 Å². The van der Waals surface area contributed by atoms with Crippen molar-refractivity contribution in [2.75, 3.05) is 7.11 Å². The quantitative estimate of drug-likeness (QED) is 0.254. The number of fused-ring (bicyclic) bond motifs is 1. The third kappa shape index (κ3) is 5.01. The van der Waals surface area contributed by atoms with Gasteiger partial charge in [-0.1, -0.05) is 66.2 Å². The van der Waals surface area contributed by atoms with Crippen LogP contribution in [0.15, 0.2) is 91.0 Å². The van der Waals surface area contributed by atoms with Crippen LogP contribution in [0.4, 0.5) is 0 Å². The first-order valence-corrected chi connectivity index (χ1v) is 10.2. The minimum absolute atomic E-state index is 0.0287. The predicted molar refractivity (Wildman–Crippen MR) is 126 cm³/mol. The maximum Gasteiger partial charge on any atom is 0.185 e. The van der Waals surface area contributed by atoms with Crippen molar-refractivity contribution in [2.45, 2.75) is 13.5 Å². The summed E-state index contributed by atoms with van der Waals surface area (Å²) in [7, 11) is 1.64. The number of carbonyl (C=O) groups excluding carboxylic acids is 1. The standard InChI is InChI=1S/C28H24O3/c1-20-7-13-26(14-8-20)31-19-25-17-21(10-16-28(25)30-2)9-15-27(29)24-12-11-22-5-3-4-6-23(22)18-24/h3-18H,19H2,1-2H3/b15-9+. The lowest BCUT2D eigenvalue weighted by Gasteiger charge is -2.11. The summed E-state index contributed by atoms with van der Waals surface area (Å²) >= 11 is 0. The van der Waals surface area contributed by atoms with E-state index in [0.29, 0.717) is 12.2 Å². The van der Waals surface area contributed by atoms with E-state index in [1.807, 2.05) is 97.9 Å². The highest BCUT2D eigenvalue weighted by molar-refractivity contribution is 6.08. The Hall–Kier alpha value is -3.85. The molecule has 0 unspecified atom stereocenters. The Morgan fingerprint density at radius 2 is 1.65 bits per heavy atom. The summed E-state index contributed by atoms with van der Waals surface area (Å²) in [5.74, 6) is 1.53. The lowest BCUT2D eigenvalue weighted by molar-refractivity contribution is 0.104. The van der Waals surface area contributed by atoms with Gasteiger partial charge in [0, 0.05) is 11.1 Å². The number of ketones is 1. The van der Waals surface area contributed by atoms with Crippen LogP contribution < -0.4 is 9.47 Å². The highest BCUT2D eigenvalue weighted by Gasteiger charge is 2.07. The molecule has 154 valence electrons. The van der Waals surface area contributed by atoms with Gasteiger partial charge in [-0.25, -0.2) is 0 Å². The molecule has 0 radical (unpaired) electrons. The second kappa shape index (κ2) is 9.31. The number of allylic oxidation sites excluding steroid dienone is 1. The molecule has 0 saturated heterocycles. The number of methoxy groups -OCH3 is 1. The number of rotatable bonds is 7. The summed E-state index contributed by atoms with van der Waals surface area (Å²) in [6.45, 7) is 2.42. The molecule has 0 aliphatic heterocycles. The summed E-state index contributed by atoms with van der Waals surface area (Å²) in [6.07, 6.45) is 3.43. The number of hydrogen-bond acceptors (Lipinski definition) is 3. The zero-order valence-electron chi connectivity index (χ0n) is 17.7. The molecular formula is C28H24O3. The molecule has 0 spiro atoms. The minimum Gasteiger partial charge on any atom is -0.496 e. The van der Waals surface area contributed by atoms with Gasteiger partial charge >= 0.3 is 0 Å². The topological polar surface area (TPSA) is 35.5 Å². The first-order valence-electron chi connectivity index (χ1n) is 10.2. The van der Waals surface area contributed by atoms with Crippen LogP contribution in [0.5, 0.6) is 11.5 Å². The Labute approximate surface area is 182 Å². The van der Waals surface area contributed by atoms with Gasteiger partial charge in [-0.05, 0) is 59.7 Å². The van der Waals surface area contributed by atoms with Gasteiger partial charge in [0.1, 0.15) is 18.1 Å². The molecule has 0 saturated carbocycles. The highest BCUT2D eigenvalue weighted by atomic mass is 16.5. The molecule has 0 heterocycles. The zero-order valence-corrected chi connectivity index (χ0v) is 17.7. The third-order valence-electron chi connectivity index (χ3n) is 5.18. The molecule has 0 amide bonds. The molecule has 0 N–H and O–H groups in total. The molecule has 4 aromatic carbocycles. The zero-order chi connectivity index (χ0) is 21.6. The first kappa shape index (κ1) is 20.4. The fraction of sp³-hybridized carbons (Fsp3) is 0.107. The van der Waals surface area contributed by atoms with E-state index in [1.54, 1.807) is 13.2 Å². The van der Waals surface area contributed by atoms with Crippen molar-refractivity contribution in [3.05, 3.63) is 113 Å². The third-order valence-corrected chi connectivity index (χ3v) is 5.18. The molecular weight excluding hydrogens is 384 g/mol. The van der Waals surface area contributed by atoms with E-state index < -0.39 is 0 Å².